The number of hydrogen-bond donors (Lipinski definition) is 2. The SMILES string of the molecule is O=C(CSc1ccc(NC(=O)c2ccc(F)cc2)cc1)Nc1cccc(Cl)c1. The number of halogens is 2. The van der Waals surface area contributed by atoms with Crippen LogP contribution in [0.4, 0.5) is 15.8 Å². The normalized spacial score (nSPS) is 10.4. The molecule has 142 valence electrons. The summed E-state index contributed by atoms with van der Waals surface area (Å²) in [5, 5.41) is 6.09. The summed E-state index contributed by atoms with van der Waals surface area (Å²) in [5.41, 5.74) is 1.64. The quantitative estimate of drug-likeness (QED) is 0.526. The zero-order valence-electron chi connectivity index (χ0n) is 14.6. The molecular weight excluding hydrogens is 399 g/mol. The number of rotatable bonds is 6. The van der Waals surface area contributed by atoms with Gasteiger partial charge in [0.1, 0.15) is 5.82 Å². The van der Waals surface area contributed by atoms with Gasteiger partial charge in [0.15, 0.2) is 0 Å². The standard InChI is InChI=1S/C21H16ClFN2O2S/c22-15-2-1-3-18(12-15)24-20(26)13-28-19-10-8-17(9-11-19)25-21(27)14-4-6-16(23)7-5-14/h1-12H,13H2,(H,24,26)(H,25,27). The van der Waals surface area contributed by atoms with Gasteiger partial charge in [-0.3, -0.25) is 9.59 Å². The van der Waals surface area contributed by atoms with Crippen molar-refractivity contribution in [2.75, 3.05) is 16.4 Å². The van der Waals surface area contributed by atoms with Gasteiger partial charge in [-0.15, -0.1) is 11.8 Å². The third kappa shape index (κ3) is 5.84. The van der Waals surface area contributed by atoms with E-state index in [1.165, 1.54) is 36.0 Å². The van der Waals surface area contributed by atoms with E-state index in [1.807, 2.05) is 12.1 Å². The molecule has 0 saturated heterocycles. The zero-order valence-corrected chi connectivity index (χ0v) is 16.2. The first kappa shape index (κ1) is 19.9. The van der Waals surface area contributed by atoms with E-state index >= 15 is 0 Å². The zero-order chi connectivity index (χ0) is 19.9. The lowest BCUT2D eigenvalue weighted by molar-refractivity contribution is -0.113. The molecule has 0 heterocycles. The summed E-state index contributed by atoms with van der Waals surface area (Å²) in [6.07, 6.45) is 0. The number of anilines is 2. The lowest BCUT2D eigenvalue weighted by Crippen LogP contribution is -2.14. The van der Waals surface area contributed by atoms with Gasteiger partial charge in [-0.2, -0.15) is 0 Å². The Morgan fingerprint density at radius 1 is 0.893 bits per heavy atom. The highest BCUT2D eigenvalue weighted by atomic mass is 35.5. The fourth-order valence-electron chi connectivity index (χ4n) is 2.35. The Morgan fingerprint density at radius 2 is 1.61 bits per heavy atom. The predicted octanol–water partition coefficient (Wildman–Crippen LogP) is 5.46. The van der Waals surface area contributed by atoms with Crippen LogP contribution >= 0.6 is 23.4 Å². The molecule has 3 aromatic carbocycles. The highest BCUT2D eigenvalue weighted by Gasteiger charge is 2.07. The Balaban J connectivity index is 1.50. The number of carbonyl (C=O) groups excluding carboxylic acids is 2. The molecule has 2 N–H and O–H groups in total. The van der Waals surface area contributed by atoms with Crippen LogP contribution in [0.2, 0.25) is 5.02 Å². The minimum Gasteiger partial charge on any atom is -0.325 e. The van der Waals surface area contributed by atoms with Crippen molar-refractivity contribution in [2.45, 2.75) is 4.90 Å². The van der Waals surface area contributed by atoms with Crippen LogP contribution in [0.5, 0.6) is 0 Å². The molecule has 0 spiro atoms. The molecular formula is C21H16ClFN2O2S. The van der Waals surface area contributed by atoms with Crippen molar-refractivity contribution in [3.63, 3.8) is 0 Å². The van der Waals surface area contributed by atoms with Crippen molar-refractivity contribution in [1.29, 1.82) is 0 Å². The Hall–Kier alpha value is -2.83. The molecule has 0 atom stereocenters. The van der Waals surface area contributed by atoms with Crippen molar-refractivity contribution >= 4 is 46.6 Å². The van der Waals surface area contributed by atoms with Gasteiger partial charge in [0.2, 0.25) is 5.91 Å². The van der Waals surface area contributed by atoms with Crippen LogP contribution < -0.4 is 10.6 Å². The first-order valence-corrected chi connectivity index (χ1v) is 9.71. The maximum atomic E-state index is 12.9. The van der Waals surface area contributed by atoms with E-state index in [0.29, 0.717) is 22.0 Å². The van der Waals surface area contributed by atoms with E-state index in [-0.39, 0.29) is 17.6 Å². The second kappa shape index (κ2) is 9.39. The highest BCUT2D eigenvalue weighted by molar-refractivity contribution is 8.00. The number of amides is 2. The lowest BCUT2D eigenvalue weighted by atomic mass is 10.2. The van der Waals surface area contributed by atoms with E-state index in [4.69, 9.17) is 11.6 Å². The van der Waals surface area contributed by atoms with E-state index < -0.39 is 5.82 Å². The largest absolute Gasteiger partial charge is 0.325 e. The maximum absolute atomic E-state index is 12.9. The van der Waals surface area contributed by atoms with Gasteiger partial charge < -0.3 is 10.6 Å². The van der Waals surface area contributed by atoms with Crippen molar-refractivity contribution in [3.8, 4) is 0 Å². The molecule has 0 bridgehead atoms. The molecule has 0 aliphatic carbocycles. The van der Waals surface area contributed by atoms with Crippen LogP contribution in [0.3, 0.4) is 0 Å². The number of hydrogen-bond acceptors (Lipinski definition) is 3. The van der Waals surface area contributed by atoms with E-state index in [2.05, 4.69) is 10.6 Å². The van der Waals surface area contributed by atoms with Gasteiger partial charge in [0.25, 0.3) is 5.91 Å². The number of thioether (sulfide) groups is 1. The van der Waals surface area contributed by atoms with Gasteiger partial charge in [0.05, 0.1) is 5.75 Å². The smallest absolute Gasteiger partial charge is 0.255 e. The van der Waals surface area contributed by atoms with Gasteiger partial charge in [-0.05, 0) is 66.7 Å². The van der Waals surface area contributed by atoms with Gasteiger partial charge >= 0.3 is 0 Å². The average molecular weight is 415 g/mol. The molecule has 7 heteroatoms. The number of benzene rings is 3. The second-order valence-corrected chi connectivity index (χ2v) is 7.32. The summed E-state index contributed by atoms with van der Waals surface area (Å²) in [6.45, 7) is 0. The van der Waals surface area contributed by atoms with Crippen molar-refractivity contribution in [3.05, 3.63) is 89.2 Å². The highest BCUT2D eigenvalue weighted by Crippen LogP contribution is 2.21. The maximum Gasteiger partial charge on any atom is 0.255 e. The number of carbonyl (C=O) groups is 2. The van der Waals surface area contributed by atoms with Crippen LogP contribution in [0.15, 0.2) is 77.7 Å². The summed E-state index contributed by atoms with van der Waals surface area (Å²) < 4.78 is 12.9. The van der Waals surface area contributed by atoms with Crippen molar-refractivity contribution in [1.82, 2.24) is 0 Å². The van der Waals surface area contributed by atoms with Crippen LogP contribution in [0, 0.1) is 5.82 Å². The second-order valence-electron chi connectivity index (χ2n) is 5.83. The Morgan fingerprint density at radius 3 is 2.29 bits per heavy atom. The number of nitrogens with one attached hydrogen (secondary N) is 2. The summed E-state index contributed by atoms with van der Waals surface area (Å²) >= 11 is 7.27. The van der Waals surface area contributed by atoms with Crippen LogP contribution in [0.25, 0.3) is 0 Å². The van der Waals surface area contributed by atoms with Gasteiger partial charge in [-0.1, -0.05) is 17.7 Å². The van der Waals surface area contributed by atoms with Gasteiger partial charge in [0, 0.05) is 26.9 Å². The molecule has 0 unspecified atom stereocenters. The first-order valence-electron chi connectivity index (χ1n) is 8.35. The molecule has 2 amide bonds. The third-order valence-corrected chi connectivity index (χ3v) is 4.94. The Labute approximate surface area is 171 Å². The van der Waals surface area contributed by atoms with Crippen molar-refractivity contribution < 1.29 is 14.0 Å². The van der Waals surface area contributed by atoms with E-state index in [0.717, 1.165) is 4.90 Å². The molecule has 3 aromatic rings. The molecule has 0 aromatic heterocycles. The molecule has 28 heavy (non-hydrogen) atoms. The molecule has 0 fully saturated rings. The van der Waals surface area contributed by atoms with Crippen LogP contribution in [0.1, 0.15) is 10.4 Å². The molecule has 0 saturated carbocycles. The first-order chi connectivity index (χ1) is 13.5. The minimum atomic E-state index is -0.391. The molecule has 0 radical (unpaired) electrons. The molecule has 0 aliphatic rings. The molecule has 3 rings (SSSR count). The van der Waals surface area contributed by atoms with E-state index in [9.17, 15) is 14.0 Å². The Kier molecular flexibility index (Phi) is 6.68. The van der Waals surface area contributed by atoms with Crippen molar-refractivity contribution in [2.24, 2.45) is 0 Å². The topological polar surface area (TPSA) is 58.2 Å². The fourth-order valence-corrected chi connectivity index (χ4v) is 3.24. The molecule has 0 aliphatic heterocycles. The Bertz CT molecular complexity index is 978. The summed E-state index contributed by atoms with van der Waals surface area (Å²) in [6, 6.07) is 19.4. The van der Waals surface area contributed by atoms with Gasteiger partial charge in [-0.25, -0.2) is 4.39 Å². The average Bonchev–Trinajstić information content (AvgIpc) is 2.68. The summed E-state index contributed by atoms with van der Waals surface area (Å²) in [5.74, 6) is -0.604. The molecule has 4 nitrogen and oxygen atoms in total. The monoisotopic (exact) mass is 414 g/mol. The third-order valence-electron chi connectivity index (χ3n) is 3.70. The summed E-state index contributed by atoms with van der Waals surface area (Å²) in [4.78, 5) is 25.0. The predicted molar refractivity (Wildman–Crippen MR) is 112 cm³/mol. The lowest BCUT2D eigenvalue weighted by Gasteiger charge is -2.07. The van der Waals surface area contributed by atoms with Crippen LogP contribution in [-0.4, -0.2) is 17.6 Å². The fraction of sp³-hybridized carbons (Fsp3) is 0.0476. The van der Waals surface area contributed by atoms with Crippen LogP contribution in [-0.2, 0) is 4.79 Å². The summed E-state index contributed by atoms with van der Waals surface area (Å²) in [7, 11) is 0. The van der Waals surface area contributed by atoms with E-state index in [1.54, 1.807) is 36.4 Å². The minimum absolute atomic E-state index is 0.138.